The zero-order valence-electron chi connectivity index (χ0n) is 11.4. The SMILES string of the molecule is CCNCc1cc(F)cnc1N(C)CC1CC1C. The molecule has 1 heterocycles. The molecule has 100 valence electrons. The fourth-order valence-corrected chi connectivity index (χ4v) is 2.30. The molecule has 2 rings (SSSR count). The summed E-state index contributed by atoms with van der Waals surface area (Å²) in [6.45, 7) is 6.87. The number of aromatic nitrogens is 1. The maximum absolute atomic E-state index is 13.3. The summed E-state index contributed by atoms with van der Waals surface area (Å²) in [6, 6.07) is 1.58. The molecule has 1 aromatic heterocycles. The first-order valence-electron chi connectivity index (χ1n) is 6.68. The van der Waals surface area contributed by atoms with Gasteiger partial charge >= 0.3 is 0 Å². The van der Waals surface area contributed by atoms with Gasteiger partial charge in [0, 0.05) is 25.7 Å². The van der Waals surface area contributed by atoms with E-state index in [4.69, 9.17) is 0 Å². The van der Waals surface area contributed by atoms with Crippen LogP contribution >= 0.6 is 0 Å². The Bertz CT molecular complexity index is 408. The summed E-state index contributed by atoms with van der Waals surface area (Å²) in [6.07, 6.45) is 2.60. The lowest BCUT2D eigenvalue weighted by Gasteiger charge is -2.21. The molecule has 1 aliphatic rings. The molecule has 1 aromatic rings. The van der Waals surface area contributed by atoms with E-state index in [-0.39, 0.29) is 5.82 Å². The van der Waals surface area contributed by atoms with Crippen molar-refractivity contribution >= 4 is 5.82 Å². The van der Waals surface area contributed by atoms with Gasteiger partial charge in [0.05, 0.1) is 6.20 Å². The summed E-state index contributed by atoms with van der Waals surface area (Å²) in [5.41, 5.74) is 0.938. The van der Waals surface area contributed by atoms with E-state index in [1.54, 1.807) is 6.07 Å². The van der Waals surface area contributed by atoms with Crippen molar-refractivity contribution in [1.29, 1.82) is 0 Å². The predicted octanol–water partition coefficient (Wildman–Crippen LogP) is 2.42. The van der Waals surface area contributed by atoms with Crippen LogP contribution in [0.2, 0.25) is 0 Å². The van der Waals surface area contributed by atoms with Crippen molar-refractivity contribution < 1.29 is 4.39 Å². The van der Waals surface area contributed by atoms with E-state index < -0.39 is 0 Å². The molecule has 3 nitrogen and oxygen atoms in total. The lowest BCUT2D eigenvalue weighted by atomic mass is 10.2. The number of rotatable bonds is 6. The summed E-state index contributed by atoms with van der Waals surface area (Å²) in [5, 5.41) is 3.23. The fraction of sp³-hybridized carbons (Fsp3) is 0.643. The minimum atomic E-state index is -0.264. The molecule has 0 bridgehead atoms. The lowest BCUT2D eigenvalue weighted by Crippen LogP contribution is -2.24. The van der Waals surface area contributed by atoms with Gasteiger partial charge in [0.1, 0.15) is 11.6 Å². The van der Waals surface area contributed by atoms with Gasteiger partial charge in [0.15, 0.2) is 0 Å². The number of pyridine rings is 1. The third-order valence-corrected chi connectivity index (χ3v) is 3.62. The lowest BCUT2D eigenvalue weighted by molar-refractivity contribution is 0.612. The van der Waals surface area contributed by atoms with Crippen molar-refractivity contribution in [3.8, 4) is 0 Å². The van der Waals surface area contributed by atoms with Gasteiger partial charge in [-0.05, 0) is 30.9 Å². The van der Waals surface area contributed by atoms with E-state index in [1.807, 2.05) is 14.0 Å². The van der Waals surface area contributed by atoms with E-state index >= 15 is 0 Å². The Balaban J connectivity index is 2.09. The highest BCUT2D eigenvalue weighted by atomic mass is 19.1. The Morgan fingerprint density at radius 2 is 2.28 bits per heavy atom. The molecule has 1 aliphatic carbocycles. The number of anilines is 1. The first-order chi connectivity index (χ1) is 8.61. The van der Waals surface area contributed by atoms with Gasteiger partial charge in [-0.3, -0.25) is 0 Å². The van der Waals surface area contributed by atoms with E-state index in [0.29, 0.717) is 6.54 Å². The van der Waals surface area contributed by atoms with Crippen molar-refractivity contribution in [3.05, 3.63) is 23.6 Å². The molecule has 1 fully saturated rings. The summed E-state index contributed by atoms with van der Waals surface area (Å²) in [5.74, 6) is 2.23. The maximum atomic E-state index is 13.3. The number of nitrogens with zero attached hydrogens (tertiary/aromatic N) is 2. The van der Waals surface area contributed by atoms with E-state index in [0.717, 1.165) is 36.3 Å². The maximum Gasteiger partial charge on any atom is 0.141 e. The molecule has 2 atom stereocenters. The minimum Gasteiger partial charge on any atom is -0.359 e. The average molecular weight is 251 g/mol. The third-order valence-electron chi connectivity index (χ3n) is 3.62. The Labute approximate surface area is 108 Å². The van der Waals surface area contributed by atoms with Gasteiger partial charge in [0.2, 0.25) is 0 Å². The molecule has 18 heavy (non-hydrogen) atoms. The van der Waals surface area contributed by atoms with Crippen LogP contribution < -0.4 is 10.2 Å². The van der Waals surface area contributed by atoms with Crippen LogP contribution in [0.1, 0.15) is 25.8 Å². The van der Waals surface area contributed by atoms with Crippen LogP contribution in [0.3, 0.4) is 0 Å². The molecule has 0 amide bonds. The predicted molar refractivity (Wildman–Crippen MR) is 72.1 cm³/mol. The number of halogens is 1. The Morgan fingerprint density at radius 3 is 2.89 bits per heavy atom. The van der Waals surface area contributed by atoms with Crippen LogP contribution in [0.15, 0.2) is 12.3 Å². The van der Waals surface area contributed by atoms with Crippen LogP contribution in [-0.2, 0) is 6.54 Å². The largest absolute Gasteiger partial charge is 0.359 e. The number of nitrogens with one attached hydrogen (secondary N) is 1. The average Bonchev–Trinajstić information content (AvgIpc) is 3.02. The van der Waals surface area contributed by atoms with Crippen molar-refractivity contribution in [2.45, 2.75) is 26.8 Å². The molecular weight excluding hydrogens is 229 g/mol. The molecule has 0 aliphatic heterocycles. The Morgan fingerprint density at radius 1 is 1.56 bits per heavy atom. The highest BCUT2D eigenvalue weighted by Gasteiger charge is 2.33. The van der Waals surface area contributed by atoms with Crippen LogP contribution in [-0.4, -0.2) is 25.1 Å². The van der Waals surface area contributed by atoms with Crippen LogP contribution in [0, 0.1) is 17.7 Å². The quantitative estimate of drug-likeness (QED) is 0.841. The van der Waals surface area contributed by atoms with Gasteiger partial charge < -0.3 is 10.2 Å². The molecule has 0 aromatic carbocycles. The standard InChI is InChI=1S/C14H22FN3/c1-4-16-7-11-6-13(15)8-17-14(11)18(3)9-12-5-10(12)2/h6,8,10,12,16H,4-5,7,9H2,1-3H3. The monoisotopic (exact) mass is 251 g/mol. The van der Waals surface area contributed by atoms with Gasteiger partial charge in [0.25, 0.3) is 0 Å². The van der Waals surface area contributed by atoms with Crippen LogP contribution in [0.5, 0.6) is 0 Å². The minimum absolute atomic E-state index is 0.264. The van der Waals surface area contributed by atoms with E-state index in [9.17, 15) is 4.39 Å². The third kappa shape index (κ3) is 3.19. The van der Waals surface area contributed by atoms with Gasteiger partial charge in [-0.2, -0.15) is 0 Å². The molecule has 0 saturated heterocycles. The molecule has 2 unspecified atom stereocenters. The topological polar surface area (TPSA) is 28.2 Å². The van der Waals surface area contributed by atoms with Gasteiger partial charge in [-0.25, -0.2) is 9.37 Å². The molecular formula is C14H22FN3. The number of hydrogen-bond donors (Lipinski definition) is 1. The Kier molecular flexibility index (Phi) is 4.17. The zero-order chi connectivity index (χ0) is 13.1. The highest BCUT2D eigenvalue weighted by molar-refractivity contribution is 5.46. The van der Waals surface area contributed by atoms with Crippen molar-refractivity contribution in [1.82, 2.24) is 10.3 Å². The summed E-state index contributed by atoms with van der Waals surface area (Å²) >= 11 is 0. The van der Waals surface area contributed by atoms with E-state index in [1.165, 1.54) is 12.6 Å². The first kappa shape index (κ1) is 13.3. The van der Waals surface area contributed by atoms with Crippen molar-refractivity contribution in [2.24, 2.45) is 11.8 Å². The Hall–Kier alpha value is -1.16. The summed E-state index contributed by atoms with van der Waals surface area (Å²) < 4.78 is 13.3. The second-order valence-electron chi connectivity index (χ2n) is 5.27. The zero-order valence-corrected chi connectivity index (χ0v) is 11.4. The fourth-order valence-electron chi connectivity index (χ4n) is 2.30. The second-order valence-corrected chi connectivity index (χ2v) is 5.27. The first-order valence-corrected chi connectivity index (χ1v) is 6.68. The van der Waals surface area contributed by atoms with Crippen molar-refractivity contribution in [2.75, 3.05) is 25.0 Å². The molecule has 0 radical (unpaired) electrons. The normalized spacial score (nSPS) is 22.0. The van der Waals surface area contributed by atoms with Gasteiger partial charge in [-0.15, -0.1) is 0 Å². The summed E-state index contributed by atoms with van der Waals surface area (Å²) in [7, 11) is 2.04. The summed E-state index contributed by atoms with van der Waals surface area (Å²) in [4.78, 5) is 6.40. The molecule has 4 heteroatoms. The highest BCUT2D eigenvalue weighted by Crippen LogP contribution is 2.38. The molecule has 0 spiro atoms. The number of hydrogen-bond acceptors (Lipinski definition) is 3. The van der Waals surface area contributed by atoms with E-state index in [2.05, 4.69) is 22.1 Å². The smallest absolute Gasteiger partial charge is 0.141 e. The van der Waals surface area contributed by atoms with Crippen LogP contribution in [0.25, 0.3) is 0 Å². The van der Waals surface area contributed by atoms with Crippen LogP contribution in [0.4, 0.5) is 10.2 Å². The molecule has 1 saturated carbocycles. The second kappa shape index (κ2) is 5.65. The van der Waals surface area contributed by atoms with Gasteiger partial charge in [-0.1, -0.05) is 13.8 Å². The molecule has 1 N–H and O–H groups in total. The van der Waals surface area contributed by atoms with Crippen molar-refractivity contribution in [3.63, 3.8) is 0 Å².